The van der Waals surface area contributed by atoms with Gasteiger partial charge in [0.2, 0.25) is 0 Å². The molecular weight excluding hydrogens is 204 g/mol. The monoisotopic (exact) mass is 218 g/mol. The van der Waals surface area contributed by atoms with Crippen LogP contribution in [0, 0.1) is 0 Å². The van der Waals surface area contributed by atoms with Gasteiger partial charge in [-0.25, -0.2) is 4.79 Å². The molecule has 1 aromatic heterocycles. The van der Waals surface area contributed by atoms with Crippen molar-refractivity contribution in [3.8, 4) is 0 Å². The maximum atomic E-state index is 11.2. The first-order valence-corrected chi connectivity index (χ1v) is 5.21. The van der Waals surface area contributed by atoms with Crippen molar-refractivity contribution in [2.75, 3.05) is 0 Å². The third kappa shape index (κ3) is 1.46. The van der Waals surface area contributed by atoms with Crippen molar-refractivity contribution in [2.45, 2.75) is 19.8 Å². The summed E-state index contributed by atoms with van der Waals surface area (Å²) >= 11 is 0. The number of hydrogen-bond acceptors (Lipinski definition) is 2. The van der Waals surface area contributed by atoms with Crippen LogP contribution in [-0.4, -0.2) is 20.9 Å². The SMILES string of the molecule is CC(C)c1nn(C)c2cccc(C(=O)O)c12. The zero-order valence-corrected chi connectivity index (χ0v) is 9.56. The van der Waals surface area contributed by atoms with E-state index in [2.05, 4.69) is 5.10 Å². The van der Waals surface area contributed by atoms with Crippen LogP contribution >= 0.6 is 0 Å². The van der Waals surface area contributed by atoms with Gasteiger partial charge in [-0.15, -0.1) is 0 Å². The Bertz CT molecular complexity index is 555. The van der Waals surface area contributed by atoms with Crippen molar-refractivity contribution in [1.82, 2.24) is 9.78 Å². The fraction of sp³-hybridized carbons (Fsp3) is 0.333. The Morgan fingerprint density at radius 1 is 1.44 bits per heavy atom. The van der Waals surface area contributed by atoms with Gasteiger partial charge in [0.1, 0.15) is 0 Å². The lowest BCUT2D eigenvalue weighted by molar-refractivity contribution is 0.0699. The minimum Gasteiger partial charge on any atom is -0.478 e. The van der Waals surface area contributed by atoms with Gasteiger partial charge < -0.3 is 5.11 Å². The second kappa shape index (κ2) is 3.63. The molecule has 1 N–H and O–H groups in total. The zero-order chi connectivity index (χ0) is 11.9. The standard InChI is InChI=1S/C12H14N2O2/c1-7(2)11-10-8(12(15)16)5-4-6-9(10)14(3)13-11/h4-7H,1-3H3,(H,15,16). The molecule has 84 valence electrons. The van der Waals surface area contributed by atoms with E-state index in [4.69, 9.17) is 5.11 Å². The van der Waals surface area contributed by atoms with Gasteiger partial charge in [-0.2, -0.15) is 5.10 Å². The molecule has 1 aromatic carbocycles. The van der Waals surface area contributed by atoms with E-state index in [1.807, 2.05) is 27.0 Å². The molecular formula is C12H14N2O2. The third-order valence-electron chi connectivity index (χ3n) is 2.68. The van der Waals surface area contributed by atoms with E-state index in [1.54, 1.807) is 16.8 Å². The first-order valence-electron chi connectivity index (χ1n) is 5.21. The van der Waals surface area contributed by atoms with Crippen molar-refractivity contribution in [2.24, 2.45) is 7.05 Å². The van der Waals surface area contributed by atoms with E-state index >= 15 is 0 Å². The Balaban J connectivity index is 2.88. The summed E-state index contributed by atoms with van der Waals surface area (Å²) in [4.78, 5) is 11.2. The van der Waals surface area contributed by atoms with E-state index < -0.39 is 5.97 Å². The van der Waals surface area contributed by atoms with Crippen LogP contribution in [0.15, 0.2) is 18.2 Å². The summed E-state index contributed by atoms with van der Waals surface area (Å²) in [6.07, 6.45) is 0. The maximum absolute atomic E-state index is 11.2. The van der Waals surface area contributed by atoms with E-state index in [1.165, 1.54) is 0 Å². The Morgan fingerprint density at radius 2 is 2.12 bits per heavy atom. The molecule has 0 saturated heterocycles. The number of aryl methyl sites for hydroxylation is 1. The highest BCUT2D eigenvalue weighted by Gasteiger charge is 2.18. The predicted molar refractivity (Wildman–Crippen MR) is 61.8 cm³/mol. The molecule has 16 heavy (non-hydrogen) atoms. The number of carboxylic acid groups (broad SMARTS) is 1. The first-order chi connectivity index (χ1) is 7.52. The number of aromatic nitrogens is 2. The average Bonchev–Trinajstić information content (AvgIpc) is 2.56. The number of carboxylic acids is 1. The lowest BCUT2D eigenvalue weighted by Crippen LogP contribution is -1.99. The number of benzene rings is 1. The highest BCUT2D eigenvalue weighted by Crippen LogP contribution is 2.27. The molecule has 0 radical (unpaired) electrons. The number of carbonyl (C=O) groups is 1. The Labute approximate surface area is 93.5 Å². The third-order valence-corrected chi connectivity index (χ3v) is 2.68. The van der Waals surface area contributed by atoms with Crippen LogP contribution in [0.25, 0.3) is 10.9 Å². The molecule has 4 heteroatoms. The van der Waals surface area contributed by atoms with Crippen molar-refractivity contribution >= 4 is 16.9 Å². The molecule has 0 aliphatic heterocycles. The molecule has 0 bridgehead atoms. The van der Waals surface area contributed by atoms with Gasteiger partial charge in [0, 0.05) is 12.4 Å². The predicted octanol–water partition coefficient (Wildman–Crippen LogP) is 2.39. The largest absolute Gasteiger partial charge is 0.478 e. The molecule has 1 heterocycles. The van der Waals surface area contributed by atoms with E-state index in [9.17, 15) is 4.79 Å². The number of hydrogen-bond donors (Lipinski definition) is 1. The molecule has 2 rings (SSSR count). The molecule has 0 amide bonds. The summed E-state index contributed by atoms with van der Waals surface area (Å²) in [6.45, 7) is 4.03. The van der Waals surface area contributed by atoms with Crippen molar-refractivity contribution in [1.29, 1.82) is 0 Å². The number of fused-ring (bicyclic) bond motifs is 1. The lowest BCUT2D eigenvalue weighted by Gasteiger charge is -2.02. The Kier molecular flexibility index (Phi) is 2.42. The molecule has 0 atom stereocenters. The summed E-state index contributed by atoms with van der Waals surface area (Å²) in [5.41, 5.74) is 2.04. The topological polar surface area (TPSA) is 55.1 Å². The average molecular weight is 218 g/mol. The first kappa shape index (κ1) is 10.7. The summed E-state index contributed by atoms with van der Waals surface area (Å²) in [6, 6.07) is 5.26. The molecule has 2 aromatic rings. The van der Waals surface area contributed by atoms with Crippen molar-refractivity contribution < 1.29 is 9.90 Å². The summed E-state index contributed by atoms with van der Waals surface area (Å²) in [5.74, 6) is -0.690. The molecule has 0 unspecified atom stereocenters. The molecule has 0 fully saturated rings. The second-order valence-corrected chi connectivity index (χ2v) is 4.17. The van der Waals surface area contributed by atoms with Crippen LogP contribution in [0.2, 0.25) is 0 Å². The van der Waals surface area contributed by atoms with Gasteiger partial charge in [-0.1, -0.05) is 19.9 Å². The second-order valence-electron chi connectivity index (χ2n) is 4.17. The molecule has 4 nitrogen and oxygen atoms in total. The minimum atomic E-state index is -0.902. The van der Waals surface area contributed by atoms with E-state index in [0.717, 1.165) is 16.6 Å². The van der Waals surface area contributed by atoms with Crippen LogP contribution in [0.1, 0.15) is 35.8 Å². The Hall–Kier alpha value is -1.84. The molecule has 0 spiro atoms. The molecule has 0 saturated carbocycles. The molecule has 0 aliphatic rings. The summed E-state index contributed by atoms with van der Waals surface area (Å²) in [7, 11) is 1.83. The van der Waals surface area contributed by atoms with Crippen LogP contribution in [0.5, 0.6) is 0 Å². The van der Waals surface area contributed by atoms with Gasteiger partial charge in [0.15, 0.2) is 0 Å². The minimum absolute atomic E-state index is 0.212. The summed E-state index contributed by atoms with van der Waals surface area (Å²) in [5, 5.41) is 14.3. The van der Waals surface area contributed by atoms with Crippen LogP contribution in [0.4, 0.5) is 0 Å². The lowest BCUT2D eigenvalue weighted by atomic mass is 10.0. The van der Waals surface area contributed by atoms with Crippen LogP contribution in [0.3, 0.4) is 0 Å². The quantitative estimate of drug-likeness (QED) is 0.842. The number of aromatic carboxylic acids is 1. The molecule has 0 aliphatic carbocycles. The van der Waals surface area contributed by atoms with Gasteiger partial charge >= 0.3 is 5.97 Å². The highest BCUT2D eigenvalue weighted by atomic mass is 16.4. The van der Waals surface area contributed by atoms with Crippen molar-refractivity contribution in [3.63, 3.8) is 0 Å². The maximum Gasteiger partial charge on any atom is 0.336 e. The van der Waals surface area contributed by atoms with Gasteiger partial charge in [-0.05, 0) is 18.1 Å². The van der Waals surface area contributed by atoms with Crippen molar-refractivity contribution in [3.05, 3.63) is 29.5 Å². The van der Waals surface area contributed by atoms with Crippen LogP contribution < -0.4 is 0 Å². The summed E-state index contributed by atoms with van der Waals surface area (Å²) < 4.78 is 1.73. The highest BCUT2D eigenvalue weighted by molar-refractivity contribution is 6.04. The fourth-order valence-electron chi connectivity index (χ4n) is 1.93. The van der Waals surface area contributed by atoms with Gasteiger partial charge in [0.05, 0.1) is 16.8 Å². The normalized spacial score (nSPS) is 11.2. The van der Waals surface area contributed by atoms with Gasteiger partial charge in [0.25, 0.3) is 0 Å². The van der Waals surface area contributed by atoms with E-state index in [0.29, 0.717) is 5.56 Å². The number of rotatable bonds is 2. The van der Waals surface area contributed by atoms with Crippen LogP contribution in [-0.2, 0) is 7.05 Å². The number of nitrogens with zero attached hydrogens (tertiary/aromatic N) is 2. The smallest absolute Gasteiger partial charge is 0.336 e. The fourth-order valence-corrected chi connectivity index (χ4v) is 1.93. The zero-order valence-electron chi connectivity index (χ0n) is 9.56. The van der Waals surface area contributed by atoms with Gasteiger partial charge in [-0.3, -0.25) is 4.68 Å². The van der Waals surface area contributed by atoms with E-state index in [-0.39, 0.29) is 5.92 Å². The Morgan fingerprint density at radius 3 is 2.69 bits per heavy atom.